The van der Waals surface area contributed by atoms with Gasteiger partial charge in [-0.1, -0.05) is 24.2 Å². The average Bonchev–Trinajstić information content (AvgIpc) is 3.14. The van der Waals surface area contributed by atoms with Gasteiger partial charge in [0.2, 0.25) is 0 Å². The molecule has 156 valence electrons. The Bertz CT molecular complexity index is 866. The van der Waals surface area contributed by atoms with Crippen molar-refractivity contribution in [3.05, 3.63) is 64.1 Å². The van der Waals surface area contributed by atoms with Crippen molar-refractivity contribution in [2.45, 2.75) is 20.0 Å². The summed E-state index contributed by atoms with van der Waals surface area (Å²) in [6.07, 6.45) is 1.41. The molecule has 1 aromatic rings. The Morgan fingerprint density at radius 2 is 1.86 bits per heavy atom. The van der Waals surface area contributed by atoms with Crippen LogP contribution in [0.25, 0.3) is 0 Å². The first-order valence-electron chi connectivity index (χ1n) is 9.65. The van der Waals surface area contributed by atoms with Gasteiger partial charge in [-0.2, -0.15) is 0 Å². The molecule has 0 spiro atoms. The highest BCUT2D eigenvalue weighted by Gasteiger charge is 2.28. The second-order valence-corrected chi connectivity index (χ2v) is 7.93. The van der Waals surface area contributed by atoms with Crippen molar-refractivity contribution in [1.82, 2.24) is 9.80 Å². The fourth-order valence-electron chi connectivity index (χ4n) is 3.56. The second-order valence-electron chi connectivity index (χ2n) is 7.52. The molecule has 1 fully saturated rings. The maximum Gasteiger partial charge on any atom is 0.258 e. The molecule has 2 aliphatic rings. The van der Waals surface area contributed by atoms with E-state index >= 15 is 0 Å². The number of hydrogen-bond donors (Lipinski definition) is 1. The number of halogens is 1. The molecule has 0 unspecified atom stereocenters. The zero-order valence-electron chi connectivity index (χ0n) is 17.2. The molecular formula is C22H28ClN3O3. The first-order chi connectivity index (χ1) is 13.8. The van der Waals surface area contributed by atoms with E-state index in [1.54, 1.807) is 4.90 Å². The van der Waals surface area contributed by atoms with Gasteiger partial charge in [0.05, 0.1) is 17.7 Å². The van der Waals surface area contributed by atoms with Crippen LogP contribution in [-0.2, 0) is 22.6 Å². The molecular weight excluding hydrogens is 390 g/mol. The summed E-state index contributed by atoms with van der Waals surface area (Å²) in [5, 5.41) is 9.67. The molecule has 1 amide bonds. The van der Waals surface area contributed by atoms with Crippen LogP contribution >= 0.6 is 11.6 Å². The van der Waals surface area contributed by atoms with Crippen LogP contribution in [0.1, 0.15) is 18.1 Å². The summed E-state index contributed by atoms with van der Waals surface area (Å²) in [7, 11) is 3.59. The predicted octanol–water partition coefficient (Wildman–Crippen LogP) is 3.40. The SMILES string of the molecule is C=C(OC)/C(=C\C(Cl)=C(/C)O)C(=O)N1Cc2ccc(N3CCN(C)CC3)cc2C1. The minimum absolute atomic E-state index is 0.0672. The van der Waals surface area contributed by atoms with Gasteiger partial charge in [-0.25, -0.2) is 0 Å². The summed E-state index contributed by atoms with van der Waals surface area (Å²) >= 11 is 6.05. The number of amides is 1. The molecule has 1 aromatic carbocycles. The molecule has 0 radical (unpaired) electrons. The van der Waals surface area contributed by atoms with Gasteiger partial charge in [-0.15, -0.1) is 0 Å². The van der Waals surface area contributed by atoms with Crippen LogP contribution in [0, 0.1) is 0 Å². The molecule has 0 aliphatic carbocycles. The van der Waals surface area contributed by atoms with E-state index in [0.29, 0.717) is 13.1 Å². The van der Waals surface area contributed by atoms with Crippen molar-refractivity contribution >= 4 is 23.2 Å². The van der Waals surface area contributed by atoms with Gasteiger partial charge in [-0.05, 0) is 43.3 Å². The summed E-state index contributed by atoms with van der Waals surface area (Å²) in [5.41, 5.74) is 3.72. The largest absolute Gasteiger partial charge is 0.511 e. The fraction of sp³-hybridized carbons (Fsp3) is 0.409. The summed E-state index contributed by atoms with van der Waals surface area (Å²) in [6.45, 7) is 10.4. The van der Waals surface area contributed by atoms with Crippen molar-refractivity contribution in [3.8, 4) is 0 Å². The molecule has 0 atom stereocenters. The first kappa shape index (κ1) is 21.3. The zero-order chi connectivity index (χ0) is 21.1. The van der Waals surface area contributed by atoms with E-state index in [-0.39, 0.29) is 28.0 Å². The number of allylic oxidation sites excluding steroid dienone is 3. The van der Waals surface area contributed by atoms with Crippen molar-refractivity contribution in [2.75, 3.05) is 45.2 Å². The normalized spacial score (nSPS) is 18.4. The number of aliphatic hydroxyl groups excluding tert-OH is 1. The molecule has 2 aliphatic heterocycles. The van der Waals surface area contributed by atoms with Crippen LogP contribution < -0.4 is 4.90 Å². The predicted molar refractivity (Wildman–Crippen MR) is 116 cm³/mol. The maximum atomic E-state index is 13.1. The lowest BCUT2D eigenvalue weighted by atomic mass is 10.1. The number of carbonyl (C=O) groups excluding carboxylic acids is 1. The molecule has 3 rings (SSSR count). The number of nitrogens with zero attached hydrogens (tertiary/aromatic N) is 3. The summed E-state index contributed by atoms with van der Waals surface area (Å²) in [4.78, 5) is 19.6. The molecule has 0 bridgehead atoms. The zero-order valence-corrected chi connectivity index (χ0v) is 18.0. The van der Waals surface area contributed by atoms with E-state index in [4.69, 9.17) is 16.3 Å². The molecule has 6 nitrogen and oxygen atoms in total. The number of piperazine rings is 1. The van der Waals surface area contributed by atoms with E-state index in [1.807, 2.05) is 0 Å². The second kappa shape index (κ2) is 8.93. The Hall–Kier alpha value is -2.44. The summed E-state index contributed by atoms with van der Waals surface area (Å²) < 4.78 is 5.17. The Morgan fingerprint density at radius 3 is 2.48 bits per heavy atom. The molecule has 1 saturated heterocycles. The number of benzene rings is 1. The van der Waals surface area contributed by atoms with Gasteiger partial charge in [0, 0.05) is 45.0 Å². The van der Waals surface area contributed by atoms with Gasteiger partial charge in [0.15, 0.2) is 0 Å². The highest BCUT2D eigenvalue weighted by Crippen LogP contribution is 2.30. The van der Waals surface area contributed by atoms with Crippen LogP contribution in [0.15, 0.2) is 53.0 Å². The third kappa shape index (κ3) is 4.77. The Morgan fingerprint density at radius 1 is 1.21 bits per heavy atom. The molecule has 0 aromatic heterocycles. The Balaban J connectivity index is 1.79. The number of likely N-dealkylation sites (N-methyl/N-ethyl adjacent to an activating group) is 1. The highest BCUT2D eigenvalue weighted by molar-refractivity contribution is 6.31. The number of hydrogen-bond acceptors (Lipinski definition) is 5. The number of fused-ring (bicyclic) bond motifs is 1. The number of carbonyl (C=O) groups is 1. The van der Waals surface area contributed by atoms with Crippen LogP contribution in [0.2, 0.25) is 0 Å². The lowest BCUT2D eigenvalue weighted by Crippen LogP contribution is -2.44. The van der Waals surface area contributed by atoms with Gasteiger partial charge in [-0.3, -0.25) is 4.79 Å². The lowest BCUT2D eigenvalue weighted by Gasteiger charge is -2.34. The Kier molecular flexibility index (Phi) is 6.55. The number of anilines is 1. The van der Waals surface area contributed by atoms with Crippen LogP contribution in [0.3, 0.4) is 0 Å². The highest BCUT2D eigenvalue weighted by atomic mass is 35.5. The smallest absolute Gasteiger partial charge is 0.258 e. The topological polar surface area (TPSA) is 56.3 Å². The number of ether oxygens (including phenoxy) is 1. The van der Waals surface area contributed by atoms with E-state index < -0.39 is 0 Å². The standard InChI is InChI=1S/C22H28ClN3O3/c1-15(27)21(23)12-20(16(2)29-4)22(28)26-13-17-5-6-19(11-18(17)14-26)25-9-7-24(3)8-10-25/h5-6,11-12,27H,2,7-10,13-14H2,1,3-4H3/b20-12+,21-15-. The number of methoxy groups -OCH3 is 1. The average molecular weight is 418 g/mol. The maximum absolute atomic E-state index is 13.1. The molecule has 0 saturated carbocycles. The molecule has 1 N–H and O–H groups in total. The minimum Gasteiger partial charge on any atom is -0.511 e. The number of aliphatic hydroxyl groups is 1. The fourth-order valence-corrected chi connectivity index (χ4v) is 3.67. The molecule has 29 heavy (non-hydrogen) atoms. The third-order valence-corrected chi connectivity index (χ3v) is 5.84. The van der Waals surface area contributed by atoms with E-state index in [0.717, 1.165) is 37.3 Å². The van der Waals surface area contributed by atoms with Gasteiger partial charge >= 0.3 is 0 Å². The van der Waals surface area contributed by atoms with Crippen LogP contribution in [-0.4, -0.2) is 61.2 Å². The van der Waals surface area contributed by atoms with Gasteiger partial charge in [0.25, 0.3) is 5.91 Å². The monoisotopic (exact) mass is 417 g/mol. The summed E-state index contributed by atoms with van der Waals surface area (Å²) in [6, 6.07) is 6.43. The Labute approximate surface area is 177 Å². The van der Waals surface area contributed by atoms with E-state index in [1.165, 1.54) is 25.8 Å². The van der Waals surface area contributed by atoms with Crippen molar-refractivity contribution in [2.24, 2.45) is 0 Å². The van der Waals surface area contributed by atoms with Crippen molar-refractivity contribution in [1.29, 1.82) is 0 Å². The van der Waals surface area contributed by atoms with Crippen molar-refractivity contribution in [3.63, 3.8) is 0 Å². The molecule has 7 heteroatoms. The van der Waals surface area contributed by atoms with Crippen molar-refractivity contribution < 1.29 is 14.6 Å². The third-order valence-electron chi connectivity index (χ3n) is 5.46. The first-order valence-corrected chi connectivity index (χ1v) is 10.0. The minimum atomic E-state index is -0.228. The van der Waals surface area contributed by atoms with Crippen LogP contribution in [0.5, 0.6) is 0 Å². The number of rotatable bonds is 5. The van der Waals surface area contributed by atoms with E-state index in [9.17, 15) is 9.90 Å². The van der Waals surface area contributed by atoms with Gasteiger partial charge in [0.1, 0.15) is 11.5 Å². The summed E-state index contributed by atoms with van der Waals surface area (Å²) in [5.74, 6) is -0.0838. The van der Waals surface area contributed by atoms with E-state index in [2.05, 4.69) is 41.6 Å². The lowest BCUT2D eigenvalue weighted by molar-refractivity contribution is -0.127. The quantitative estimate of drug-likeness (QED) is 0.452. The molecule has 2 heterocycles. The van der Waals surface area contributed by atoms with Crippen LogP contribution in [0.4, 0.5) is 5.69 Å². The van der Waals surface area contributed by atoms with Gasteiger partial charge < -0.3 is 24.5 Å².